The first-order chi connectivity index (χ1) is 14.6. The van der Waals surface area contributed by atoms with Crippen molar-refractivity contribution in [3.63, 3.8) is 0 Å². The summed E-state index contributed by atoms with van der Waals surface area (Å²) in [6.07, 6.45) is 2.31. The zero-order valence-corrected chi connectivity index (χ0v) is 17.6. The first kappa shape index (κ1) is 20.2. The Hall–Kier alpha value is -3.13. The number of pyridine rings is 1. The quantitative estimate of drug-likeness (QED) is 0.510. The first-order valence-electron chi connectivity index (χ1n) is 9.90. The van der Waals surface area contributed by atoms with Crippen LogP contribution in [0.25, 0.3) is 5.65 Å². The predicted octanol–water partition coefficient (Wildman–Crippen LogP) is 1.84. The van der Waals surface area contributed by atoms with Crippen molar-refractivity contribution in [1.29, 1.82) is 0 Å². The van der Waals surface area contributed by atoms with Crippen LogP contribution in [-0.2, 0) is 17.8 Å². The van der Waals surface area contributed by atoms with E-state index in [1.165, 1.54) is 0 Å². The van der Waals surface area contributed by atoms with E-state index in [4.69, 9.17) is 11.6 Å². The number of hydrogen-bond acceptors (Lipinski definition) is 4. The van der Waals surface area contributed by atoms with E-state index in [2.05, 4.69) is 25.4 Å². The van der Waals surface area contributed by atoms with Crippen LogP contribution in [-0.4, -0.2) is 69.5 Å². The number of rotatable bonds is 4. The van der Waals surface area contributed by atoms with Gasteiger partial charge in [0.05, 0.1) is 13.0 Å². The number of piperazine rings is 1. The minimum absolute atomic E-state index is 0.120. The number of nitrogens with zero attached hydrogens (tertiary/aromatic N) is 6. The van der Waals surface area contributed by atoms with Gasteiger partial charge in [0.15, 0.2) is 17.4 Å². The van der Waals surface area contributed by atoms with Crippen LogP contribution in [0.3, 0.4) is 0 Å². The Morgan fingerprint density at radius 2 is 1.90 bits per heavy atom. The number of amides is 1. The van der Waals surface area contributed by atoms with Gasteiger partial charge >= 0.3 is 0 Å². The number of hydrogen-bond donors (Lipinski definition) is 1. The third-order valence-electron chi connectivity index (χ3n) is 5.18. The van der Waals surface area contributed by atoms with E-state index in [1.807, 2.05) is 58.0 Å². The van der Waals surface area contributed by atoms with E-state index in [0.29, 0.717) is 31.1 Å². The fraction of sp³-hybridized carbons (Fsp3) is 0.333. The van der Waals surface area contributed by atoms with Crippen LogP contribution < -0.4 is 5.32 Å². The van der Waals surface area contributed by atoms with Gasteiger partial charge in [0.25, 0.3) is 0 Å². The Labute approximate surface area is 180 Å². The summed E-state index contributed by atoms with van der Waals surface area (Å²) in [4.78, 5) is 21.1. The third kappa shape index (κ3) is 4.54. The number of carbonyl (C=O) groups excluding carboxylic acids is 1. The van der Waals surface area contributed by atoms with Gasteiger partial charge in [-0.2, -0.15) is 0 Å². The summed E-state index contributed by atoms with van der Waals surface area (Å²) in [5.74, 6) is 1.74. The predicted molar refractivity (Wildman–Crippen MR) is 116 cm³/mol. The van der Waals surface area contributed by atoms with Crippen LogP contribution in [0.15, 0.2) is 53.7 Å². The Morgan fingerprint density at radius 3 is 2.67 bits per heavy atom. The molecule has 3 aromatic rings. The minimum Gasteiger partial charge on any atom is -0.349 e. The molecular weight excluding hydrogens is 402 g/mol. The minimum atomic E-state index is 0.120. The molecule has 9 heteroatoms. The molecule has 156 valence electrons. The molecule has 4 rings (SSSR count). The van der Waals surface area contributed by atoms with Crippen molar-refractivity contribution in [1.82, 2.24) is 29.7 Å². The molecule has 0 spiro atoms. The van der Waals surface area contributed by atoms with Crippen LogP contribution in [0.5, 0.6) is 0 Å². The van der Waals surface area contributed by atoms with E-state index in [-0.39, 0.29) is 5.91 Å². The summed E-state index contributed by atoms with van der Waals surface area (Å²) in [7, 11) is 1.76. The highest BCUT2D eigenvalue weighted by molar-refractivity contribution is 6.30. The molecule has 0 bridgehead atoms. The van der Waals surface area contributed by atoms with Crippen LogP contribution in [0, 0.1) is 0 Å². The van der Waals surface area contributed by atoms with Gasteiger partial charge in [-0.25, -0.2) is 0 Å². The van der Waals surface area contributed by atoms with Crippen molar-refractivity contribution >= 4 is 29.1 Å². The number of nitrogens with one attached hydrogen (secondary N) is 1. The van der Waals surface area contributed by atoms with Gasteiger partial charge in [0.2, 0.25) is 5.91 Å². The third-order valence-corrected chi connectivity index (χ3v) is 5.41. The molecule has 1 aliphatic rings. The van der Waals surface area contributed by atoms with Crippen molar-refractivity contribution in [2.45, 2.75) is 13.0 Å². The van der Waals surface area contributed by atoms with Gasteiger partial charge in [0.1, 0.15) is 0 Å². The average Bonchev–Trinajstić information content (AvgIpc) is 3.18. The largest absolute Gasteiger partial charge is 0.349 e. The molecule has 0 unspecified atom stereocenters. The van der Waals surface area contributed by atoms with E-state index in [9.17, 15) is 4.79 Å². The van der Waals surface area contributed by atoms with Crippen molar-refractivity contribution in [3.05, 3.63) is 65.1 Å². The van der Waals surface area contributed by atoms with Crippen LogP contribution >= 0.6 is 11.6 Å². The second-order valence-electron chi connectivity index (χ2n) is 7.12. The molecule has 1 aromatic carbocycles. The number of aliphatic imine (C=N–C) groups is 1. The molecule has 3 heterocycles. The summed E-state index contributed by atoms with van der Waals surface area (Å²) in [5.41, 5.74) is 1.75. The fourth-order valence-electron chi connectivity index (χ4n) is 3.60. The van der Waals surface area contributed by atoms with E-state index < -0.39 is 0 Å². The highest BCUT2D eigenvalue weighted by Crippen LogP contribution is 2.13. The van der Waals surface area contributed by atoms with Crippen molar-refractivity contribution < 1.29 is 4.79 Å². The molecule has 0 radical (unpaired) electrons. The van der Waals surface area contributed by atoms with Crippen LogP contribution in [0.4, 0.5) is 0 Å². The normalized spacial score (nSPS) is 14.9. The molecule has 1 N–H and O–H groups in total. The number of carbonyl (C=O) groups is 1. The zero-order valence-electron chi connectivity index (χ0n) is 16.8. The average molecular weight is 426 g/mol. The van der Waals surface area contributed by atoms with Crippen molar-refractivity contribution in [2.75, 3.05) is 33.2 Å². The Kier molecular flexibility index (Phi) is 6.13. The summed E-state index contributed by atoms with van der Waals surface area (Å²) in [5, 5.41) is 12.4. The lowest BCUT2D eigenvalue weighted by Gasteiger charge is -2.36. The smallest absolute Gasteiger partial charge is 0.227 e. The molecule has 1 aliphatic heterocycles. The van der Waals surface area contributed by atoms with Gasteiger partial charge in [-0.05, 0) is 29.8 Å². The van der Waals surface area contributed by atoms with Gasteiger partial charge in [-0.3, -0.25) is 14.2 Å². The maximum atomic E-state index is 12.6. The molecule has 2 aromatic heterocycles. The standard InChI is InChI=1S/C21H24ClN7O/c1-23-21(24-15-19-26-25-18-7-2-3-8-29(18)19)28-11-9-27(10-12-28)20(30)14-16-5-4-6-17(22)13-16/h2-8,13H,9-12,14-15H2,1H3,(H,23,24). The van der Waals surface area contributed by atoms with Crippen molar-refractivity contribution in [3.8, 4) is 0 Å². The van der Waals surface area contributed by atoms with E-state index >= 15 is 0 Å². The number of benzene rings is 1. The number of halogens is 1. The summed E-state index contributed by atoms with van der Waals surface area (Å²) in [6.45, 7) is 3.29. The zero-order chi connectivity index (χ0) is 20.9. The van der Waals surface area contributed by atoms with Crippen molar-refractivity contribution in [2.24, 2.45) is 4.99 Å². The molecular formula is C21H24ClN7O. The number of guanidine groups is 1. The van der Waals surface area contributed by atoms with Gasteiger partial charge in [-0.15, -0.1) is 10.2 Å². The number of aromatic nitrogens is 3. The Balaban J connectivity index is 1.30. The highest BCUT2D eigenvalue weighted by Gasteiger charge is 2.23. The molecule has 0 saturated carbocycles. The maximum Gasteiger partial charge on any atom is 0.227 e. The molecule has 0 atom stereocenters. The molecule has 1 saturated heterocycles. The Morgan fingerprint density at radius 1 is 1.10 bits per heavy atom. The SMILES string of the molecule is CN=C(NCc1nnc2ccccn12)N1CCN(C(=O)Cc2cccc(Cl)c2)CC1. The van der Waals surface area contributed by atoms with Gasteiger partial charge < -0.3 is 15.1 Å². The molecule has 1 fully saturated rings. The summed E-state index contributed by atoms with van der Waals surface area (Å²) in [6, 6.07) is 13.3. The topological polar surface area (TPSA) is 78.1 Å². The molecule has 0 aliphatic carbocycles. The highest BCUT2D eigenvalue weighted by atomic mass is 35.5. The second kappa shape index (κ2) is 9.13. The van der Waals surface area contributed by atoms with Gasteiger partial charge in [-0.1, -0.05) is 29.8 Å². The Bertz CT molecular complexity index is 1060. The number of fused-ring (bicyclic) bond motifs is 1. The lowest BCUT2D eigenvalue weighted by atomic mass is 10.1. The summed E-state index contributed by atoms with van der Waals surface area (Å²) < 4.78 is 1.95. The lowest BCUT2D eigenvalue weighted by Crippen LogP contribution is -2.54. The fourth-order valence-corrected chi connectivity index (χ4v) is 3.82. The monoisotopic (exact) mass is 425 g/mol. The van der Waals surface area contributed by atoms with Crippen LogP contribution in [0.2, 0.25) is 5.02 Å². The summed E-state index contributed by atoms with van der Waals surface area (Å²) >= 11 is 6.02. The second-order valence-corrected chi connectivity index (χ2v) is 7.56. The molecule has 8 nitrogen and oxygen atoms in total. The van der Waals surface area contributed by atoms with E-state index in [1.54, 1.807) is 7.05 Å². The first-order valence-corrected chi connectivity index (χ1v) is 10.3. The molecule has 30 heavy (non-hydrogen) atoms. The van der Waals surface area contributed by atoms with Crippen LogP contribution in [0.1, 0.15) is 11.4 Å². The maximum absolute atomic E-state index is 12.6. The molecule has 1 amide bonds. The van der Waals surface area contributed by atoms with E-state index in [0.717, 1.165) is 36.1 Å². The van der Waals surface area contributed by atoms with Gasteiger partial charge in [0, 0.05) is 44.4 Å². The lowest BCUT2D eigenvalue weighted by molar-refractivity contribution is -0.131.